The van der Waals surface area contributed by atoms with E-state index in [1.807, 2.05) is 31.2 Å². The zero-order chi connectivity index (χ0) is 22.2. The van der Waals surface area contributed by atoms with Crippen molar-refractivity contribution >= 4 is 34.8 Å². The third-order valence-electron chi connectivity index (χ3n) is 6.33. The molecule has 8 heteroatoms. The van der Waals surface area contributed by atoms with Gasteiger partial charge in [0, 0.05) is 40.8 Å². The van der Waals surface area contributed by atoms with Crippen LogP contribution in [0.25, 0.3) is 11.4 Å². The Morgan fingerprint density at radius 1 is 1.22 bits per heavy atom. The molecule has 0 bridgehead atoms. The number of benzene rings is 2. The molecule has 2 aliphatic rings. The van der Waals surface area contributed by atoms with Crippen LogP contribution in [-0.2, 0) is 9.59 Å². The summed E-state index contributed by atoms with van der Waals surface area (Å²) in [4.78, 5) is 31.7. The van der Waals surface area contributed by atoms with Crippen LogP contribution in [0.15, 0.2) is 47.0 Å². The predicted molar refractivity (Wildman–Crippen MR) is 122 cm³/mol. The minimum absolute atomic E-state index is 0.0895. The molecule has 164 valence electrons. The van der Waals surface area contributed by atoms with Crippen molar-refractivity contribution in [2.24, 2.45) is 5.92 Å². The molecule has 1 atom stereocenters. The van der Waals surface area contributed by atoms with E-state index in [1.54, 1.807) is 23.1 Å². The van der Waals surface area contributed by atoms with E-state index in [2.05, 4.69) is 15.5 Å². The molecular weight excluding hydrogens is 428 g/mol. The van der Waals surface area contributed by atoms with Gasteiger partial charge < -0.3 is 14.7 Å². The van der Waals surface area contributed by atoms with Gasteiger partial charge in [0.25, 0.3) is 0 Å². The zero-order valence-electron chi connectivity index (χ0n) is 17.7. The van der Waals surface area contributed by atoms with Gasteiger partial charge in [-0.15, -0.1) is 0 Å². The number of hydrogen-bond acceptors (Lipinski definition) is 5. The topological polar surface area (TPSA) is 88.3 Å². The Hall–Kier alpha value is -3.19. The summed E-state index contributed by atoms with van der Waals surface area (Å²) in [6.07, 6.45) is 3.52. The lowest BCUT2D eigenvalue weighted by molar-refractivity contribution is -0.122. The molecule has 32 heavy (non-hydrogen) atoms. The Labute approximate surface area is 190 Å². The summed E-state index contributed by atoms with van der Waals surface area (Å²) >= 11 is 6.15. The quantitative estimate of drug-likeness (QED) is 0.593. The van der Waals surface area contributed by atoms with E-state index in [0.29, 0.717) is 34.9 Å². The van der Waals surface area contributed by atoms with Crippen molar-refractivity contribution in [2.45, 2.75) is 38.5 Å². The number of anilines is 2. The van der Waals surface area contributed by atoms with Gasteiger partial charge >= 0.3 is 0 Å². The van der Waals surface area contributed by atoms with Crippen LogP contribution in [-0.4, -0.2) is 28.5 Å². The van der Waals surface area contributed by atoms with Crippen LogP contribution < -0.4 is 10.2 Å². The first-order chi connectivity index (χ1) is 15.5. The molecule has 7 nitrogen and oxygen atoms in total. The first-order valence-electron chi connectivity index (χ1n) is 10.8. The molecule has 0 radical (unpaired) electrons. The second kappa shape index (κ2) is 8.39. The lowest BCUT2D eigenvalue weighted by Crippen LogP contribution is -2.28. The Morgan fingerprint density at radius 3 is 2.81 bits per heavy atom. The Kier molecular flexibility index (Phi) is 5.43. The monoisotopic (exact) mass is 450 g/mol. The normalized spacial score (nSPS) is 18.6. The molecule has 2 heterocycles. The summed E-state index contributed by atoms with van der Waals surface area (Å²) in [5.41, 5.74) is 2.97. The van der Waals surface area contributed by atoms with Crippen LogP contribution in [0.1, 0.15) is 43.1 Å². The van der Waals surface area contributed by atoms with Crippen LogP contribution in [0.5, 0.6) is 0 Å². The van der Waals surface area contributed by atoms with Crippen LogP contribution in [0, 0.1) is 12.8 Å². The molecule has 1 N–H and O–H groups in total. The van der Waals surface area contributed by atoms with Crippen molar-refractivity contribution in [3.05, 3.63) is 58.9 Å². The van der Waals surface area contributed by atoms with Crippen LogP contribution in [0.2, 0.25) is 5.02 Å². The number of hydrogen-bond donors (Lipinski definition) is 1. The third kappa shape index (κ3) is 3.88. The number of carbonyl (C=O) groups excluding carboxylic acids is 2. The summed E-state index contributed by atoms with van der Waals surface area (Å²) in [6.45, 7) is 2.16. The predicted octanol–water partition coefficient (Wildman–Crippen LogP) is 4.96. The van der Waals surface area contributed by atoms with Gasteiger partial charge in [0.15, 0.2) is 0 Å². The number of carbonyl (C=O) groups is 2. The van der Waals surface area contributed by atoms with E-state index in [0.717, 1.165) is 29.7 Å². The molecule has 3 aromatic rings. The fraction of sp³-hybridized carbons (Fsp3) is 0.333. The van der Waals surface area contributed by atoms with E-state index in [9.17, 15) is 9.59 Å². The average molecular weight is 451 g/mol. The van der Waals surface area contributed by atoms with Gasteiger partial charge in [0.1, 0.15) is 0 Å². The molecule has 1 aliphatic carbocycles. The molecule has 0 spiro atoms. The van der Waals surface area contributed by atoms with Crippen LogP contribution in [0.4, 0.5) is 11.4 Å². The summed E-state index contributed by atoms with van der Waals surface area (Å²) in [5, 5.41) is 7.62. The second-order valence-electron chi connectivity index (χ2n) is 8.44. The van der Waals surface area contributed by atoms with Crippen molar-refractivity contribution < 1.29 is 14.1 Å². The number of amides is 2. The lowest BCUT2D eigenvalue weighted by atomic mass is 9.85. The summed E-state index contributed by atoms with van der Waals surface area (Å²) in [5.74, 6) is 0.842. The van der Waals surface area contributed by atoms with Crippen molar-refractivity contribution in [3.8, 4) is 11.4 Å². The SMILES string of the molecule is Cc1c(Cl)cccc1NC(=O)[C@H]1CC(=O)N(c2cccc(-c3noc(C4CCC4)n3)c2)C1. The maximum atomic E-state index is 12.8. The van der Waals surface area contributed by atoms with Crippen LogP contribution >= 0.6 is 11.6 Å². The molecule has 1 aliphatic heterocycles. The van der Waals surface area contributed by atoms with Gasteiger partial charge in [-0.2, -0.15) is 4.98 Å². The average Bonchev–Trinajstić information content (AvgIpc) is 3.37. The first kappa shape index (κ1) is 20.7. The highest BCUT2D eigenvalue weighted by Crippen LogP contribution is 2.36. The second-order valence-corrected chi connectivity index (χ2v) is 8.85. The van der Waals surface area contributed by atoms with Crippen molar-refractivity contribution in [1.82, 2.24) is 10.1 Å². The van der Waals surface area contributed by atoms with Crippen molar-refractivity contribution in [1.29, 1.82) is 0 Å². The highest BCUT2D eigenvalue weighted by atomic mass is 35.5. The van der Waals surface area contributed by atoms with E-state index < -0.39 is 5.92 Å². The van der Waals surface area contributed by atoms with Gasteiger partial charge in [-0.3, -0.25) is 9.59 Å². The summed E-state index contributed by atoms with van der Waals surface area (Å²) in [7, 11) is 0. The van der Waals surface area contributed by atoms with Gasteiger partial charge in [0.05, 0.1) is 5.92 Å². The first-order valence-corrected chi connectivity index (χ1v) is 11.2. The number of halogens is 1. The Morgan fingerprint density at radius 2 is 2.03 bits per heavy atom. The van der Waals surface area contributed by atoms with Gasteiger partial charge in [-0.1, -0.05) is 41.4 Å². The summed E-state index contributed by atoms with van der Waals surface area (Å²) < 4.78 is 5.43. The summed E-state index contributed by atoms with van der Waals surface area (Å²) in [6, 6.07) is 12.9. The molecule has 1 saturated heterocycles. The smallest absolute Gasteiger partial charge is 0.230 e. The van der Waals surface area contributed by atoms with Crippen LogP contribution in [0.3, 0.4) is 0 Å². The minimum atomic E-state index is -0.445. The molecule has 0 unspecified atom stereocenters. The highest BCUT2D eigenvalue weighted by Gasteiger charge is 2.35. The Bertz CT molecular complexity index is 1190. The Balaban J connectivity index is 1.31. The zero-order valence-corrected chi connectivity index (χ0v) is 18.4. The third-order valence-corrected chi connectivity index (χ3v) is 6.74. The molecule has 2 aromatic carbocycles. The highest BCUT2D eigenvalue weighted by molar-refractivity contribution is 6.31. The molecule has 2 fully saturated rings. The maximum absolute atomic E-state index is 12.8. The number of nitrogens with one attached hydrogen (secondary N) is 1. The van der Waals surface area contributed by atoms with E-state index >= 15 is 0 Å². The van der Waals surface area contributed by atoms with Crippen molar-refractivity contribution in [2.75, 3.05) is 16.8 Å². The minimum Gasteiger partial charge on any atom is -0.339 e. The number of aromatic nitrogens is 2. The molecular formula is C24H23ClN4O3. The number of rotatable bonds is 5. The van der Waals surface area contributed by atoms with Gasteiger partial charge in [-0.05, 0) is 49.6 Å². The number of nitrogens with zero attached hydrogens (tertiary/aromatic N) is 3. The molecule has 5 rings (SSSR count). The van der Waals surface area contributed by atoms with E-state index in [4.69, 9.17) is 16.1 Å². The fourth-order valence-electron chi connectivity index (χ4n) is 4.10. The van der Waals surface area contributed by atoms with Gasteiger partial charge in [-0.25, -0.2) is 0 Å². The van der Waals surface area contributed by atoms with Gasteiger partial charge in [0.2, 0.25) is 23.5 Å². The maximum Gasteiger partial charge on any atom is 0.230 e. The van der Waals surface area contributed by atoms with E-state index in [-0.39, 0.29) is 18.2 Å². The molecule has 1 saturated carbocycles. The van der Waals surface area contributed by atoms with Crippen molar-refractivity contribution in [3.63, 3.8) is 0 Å². The molecule has 2 amide bonds. The largest absolute Gasteiger partial charge is 0.339 e. The van der Waals surface area contributed by atoms with E-state index in [1.165, 1.54) is 6.42 Å². The standard InChI is InChI=1S/C24H23ClN4O3/c1-14-19(25)9-4-10-20(14)26-23(31)17-12-21(30)29(13-17)18-8-3-7-16(11-18)22-27-24(32-28-22)15-5-2-6-15/h3-4,7-11,15,17H,2,5-6,12-13H2,1H3,(H,26,31)/t17-/m0/s1. The molecule has 1 aromatic heterocycles. The fourth-order valence-corrected chi connectivity index (χ4v) is 4.27. The lowest BCUT2D eigenvalue weighted by Gasteiger charge is -2.20.